The summed E-state index contributed by atoms with van der Waals surface area (Å²) in [6, 6.07) is 7.61. The molecule has 0 radical (unpaired) electrons. The van der Waals surface area contributed by atoms with Crippen molar-refractivity contribution in [2.24, 2.45) is 0 Å². The van der Waals surface area contributed by atoms with Crippen LogP contribution in [0.3, 0.4) is 0 Å². The van der Waals surface area contributed by atoms with E-state index in [9.17, 15) is 19.2 Å². The standard InChI is InChI=1S/C24H32O11/c1-14(26)31-13-20-21(32-15(2)27)22(33-16(3)28)23(34-17(4)29)24(35-20)30-12-10-19-7-5-18(6-8-19)9-11-25/h5-8,20-25H,9-13H2,1-4H3/t20-,21-,22+,23-,24-/m1/s1. The molecule has 1 aliphatic heterocycles. The maximum absolute atomic E-state index is 11.8. The molecule has 11 heteroatoms. The third-order valence-electron chi connectivity index (χ3n) is 5.04. The fourth-order valence-corrected chi connectivity index (χ4v) is 3.62. The second kappa shape index (κ2) is 13.8. The van der Waals surface area contributed by atoms with Crippen molar-refractivity contribution in [3.63, 3.8) is 0 Å². The Balaban J connectivity index is 2.23. The molecule has 0 saturated carbocycles. The van der Waals surface area contributed by atoms with Crippen LogP contribution in [0.2, 0.25) is 0 Å². The van der Waals surface area contributed by atoms with Crippen LogP contribution in [-0.2, 0) is 60.4 Å². The number of carbonyl (C=O) groups is 4. The van der Waals surface area contributed by atoms with Crippen molar-refractivity contribution in [1.82, 2.24) is 0 Å². The lowest BCUT2D eigenvalue weighted by molar-refractivity contribution is -0.307. The van der Waals surface area contributed by atoms with Crippen LogP contribution in [0.25, 0.3) is 0 Å². The van der Waals surface area contributed by atoms with Gasteiger partial charge in [-0.3, -0.25) is 19.2 Å². The van der Waals surface area contributed by atoms with Crippen LogP contribution >= 0.6 is 0 Å². The number of benzene rings is 1. The first-order valence-electron chi connectivity index (χ1n) is 11.2. The third kappa shape index (κ3) is 9.27. The lowest BCUT2D eigenvalue weighted by Gasteiger charge is -2.44. The van der Waals surface area contributed by atoms with Crippen molar-refractivity contribution in [3.05, 3.63) is 35.4 Å². The Hall–Kier alpha value is -3.02. The van der Waals surface area contributed by atoms with E-state index in [0.29, 0.717) is 12.8 Å². The molecular formula is C24H32O11. The van der Waals surface area contributed by atoms with Gasteiger partial charge in [-0.05, 0) is 24.0 Å². The molecule has 0 unspecified atom stereocenters. The summed E-state index contributed by atoms with van der Waals surface area (Å²) in [5.74, 6) is -2.69. The summed E-state index contributed by atoms with van der Waals surface area (Å²) in [6.07, 6.45) is -4.96. The fraction of sp³-hybridized carbons (Fsp3) is 0.583. The van der Waals surface area contributed by atoms with E-state index in [0.717, 1.165) is 25.0 Å². The zero-order valence-electron chi connectivity index (χ0n) is 20.3. The lowest BCUT2D eigenvalue weighted by atomic mass is 9.98. The summed E-state index contributed by atoms with van der Waals surface area (Å²) >= 11 is 0. The second-order valence-electron chi connectivity index (χ2n) is 7.98. The van der Waals surface area contributed by atoms with E-state index in [1.165, 1.54) is 13.8 Å². The molecule has 0 amide bonds. The number of hydrogen-bond acceptors (Lipinski definition) is 11. The highest BCUT2D eigenvalue weighted by molar-refractivity contribution is 5.68. The highest BCUT2D eigenvalue weighted by atomic mass is 16.7. The molecule has 0 aromatic heterocycles. The first-order chi connectivity index (χ1) is 16.6. The van der Waals surface area contributed by atoms with Crippen LogP contribution in [0.4, 0.5) is 0 Å². The summed E-state index contributed by atoms with van der Waals surface area (Å²) in [4.78, 5) is 46.8. The highest BCUT2D eigenvalue weighted by Crippen LogP contribution is 2.30. The zero-order valence-corrected chi connectivity index (χ0v) is 20.3. The maximum Gasteiger partial charge on any atom is 0.303 e. The maximum atomic E-state index is 11.8. The second-order valence-corrected chi connectivity index (χ2v) is 7.98. The molecule has 194 valence electrons. The third-order valence-corrected chi connectivity index (χ3v) is 5.04. The molecule has 35 heavy (non-hydrogen) atoms. The van der Waals surface area contributed by atoms with Crippen molar-refractivity contribution in [2.45, 2.75) is 71.2 Å². The molecule has 0 bridgehead atoms. The molecule has 1 fully saturated rings. The largest absolute Gasteiger partial charge is 0.463 e. The molecule has 1 aromatic rings. The summed E-state index contributed by atoms with van der Waals surface area (Å²) in [7, 11) is 0. The summed E-state index contributed by atoms with van der Waals surface area (Å²) < 4.78 is 32.8. The van der Waals surface area contributed by atoms with Crippen LogP contribution in [0.15, 0.2) is 24.3 Å². The Morgan fingerprint density at radius 2 is 1.29 bits per heavy atom. The molecule has 0 spiro atoms. The molecule has 1 N–H and O–H groups in total. The van der Waals surface area contributed by atoms with Crippen LogP contribution < -0.4 is 0 Å². The van der Waals surface area contributed by atoms with Crippen LogP contribution in [-0.4, -0.2) is 79.5 Å². The predicted octanol–water partition coefficient (Wildman–Crippen LogP) is 0.864. The van der Waals surface area contributed by atoms with Crippen molar-refractivity contribution >= 4 is 23.9 Å². The van der Waals surface area contributed by atoms with Gasteiger partial charge < -0.3 is 33.5 Å². The number of rotatable bonds is 11. The number of aliphatic hydroxyl groups is 1. The lowest BCUT2D eigenvalue weighted by Crippen LogP contribution is -2.63. The number of hydrogen-bond donors (Lipinski definition) is 1. The Morgan fingerprint density at radius 3 is 1.80 bits per heavy atom. The molecular weight excluding hydrogens is 464 g/mol. The van der Waals surface area contributed by atoms with Gasteiger partial charge in [0.15, 0.2) is 24.6 Å². The number of aliphatic hydroxyl groups excluding tert-OH is 1. The van der Waals surface area contributed by atoms with E-state index < -0.39 is 54.6 Å². The van der Waals surface area contributed by atoms with Crippen molar-refractivity contribution in [2.75, 3.05) is 19.8 Å². The topological polar surface area (TPSA) is 144 Å². The molecule has 2 rings (SSSR count). The summed E-state index contributed by atoms with van der Waals surface area (Å²) in [6.45, 7) is 4.57. The smallest absolute Gasteiger partial charge is 0.303 e. The van der Waals surface area contributed by atoms with Crippen molar-refractivity contribution in [1.29, 1.82) is 0 Å². The van der Waals surface area contributed by atoms with Crippen LogP contribution in [0.5, 0.6) is 0 Å². The van der Waals surface area contributed by atoms with Crippen molar-refractivity contribution in [3.8, 4) is 0 Å². The minimum Gasteiger partial charge on any atom is -0.463 e. The molecule has 11 nitrogen and oxygen atoms in total. The predicted molar refractivity (Wildman–Crippen MR) is 119 cm³/mol. The van der Waals surface area contributed by atoms with Gasteiger partial charge in [0, 0.05) is 34.3 Å². The van der Waals surface area contributed by atoms with Gasteiger partial charge in [-0.15, -0.1) is 0 Å². The van der Waals surface area contributed by atoms with Gasteiger partial charge in [0.25, 0.3) is 0 Å². The van der Waals surface area contributed by atoms with E-state index >= 15 is 0 Å². The Kier molecular flexibility index (Phi) is 11.1. The van der Waals surface area contributed by atoms with Gasteiger partial charge >= 0.3 is 23.9 Å². The molecule has 5 atom stereocenters. The molecule has 0 aliphatic carbocycles. The molecule has 1 aliphatic rings. The van der Waals surface area contributed by atoms with Gasteiger partial charge in [-0.1, -0.05) is 24.3 Å². The average molecular weight is 497 g/mol. The highest BCUT2D eigenvalue weighted by Gasteiger charge is 2.52. The molecule has 1 heterocycles. The number of esters is 4. The van der Waals surface area contributed by atoms with Crippen LogP contribution in [0.1, 0.15) is 38.8 Å². The zero-order chi connectivity index (χ0) is 26.0. The Bertz CT molecular complexity index is 867. The quantitative estimate of drug-likeness (QED) is 0.344. The monoisotopic (exact) mass is 496 g/mol. The van der Waals surface area contributed by atoms with E-state index in [-0.39, 0.29) is 19.8 Å². The number of ether oxygens (including phenoxy) is 6. The van der Waals surface area contributed by atoms with E-state index in [4.69, 9.17) is 33.5 Å². The van der Waals surface area contributed by atoms with Gasteiger partial charge in [0.2, 0.25) is 0 Å². The summed E-state index contributed by atoms with van der Waals surface area (Å²) in [5, 5.41) is 9.04. The summed E-state index contributed by atoms with van der Waals surface area (Å²) in [5.41, 5.74) is 1.95. The molecule has 1 aromatic carbocycles. The van der Waals surface area contributed by atoms with Gasteiger partial charge in [0.1, 0.15) is 12.7 Å². The first kappa shape index (κ1) is 28.2. The van der Waals surface area contributed by atoms with Gasteiger partial charge in [0.05, 0.1) is 6.61 Å². The first-order valence-corrected chi connectivity index (χ1v) is 11.2. The minimum absolute atomic E-state index is 0.0609. The van der Waals surface area contributed by atoms with E-state index in [1.54, 1.807) is 0 Å². The normalized spacial score (nSPS) is 23.7. The Labute approximate surface area is 203 Å². The number of carbonyl (C=O) groups excluding carboxylic acids is 4. The van der Waals surface area contributed by atoms with Gasteiger partial charge in [-0.25, -0.2) is 0 Å². The van der Waals surface area contributed by atoms with E-state index in [1.807, 2.05) is 24.3 Å². The average Bonchev–Trinajstić information content (AvgIpc) is 2.76. The fourth-order valence-electron chi connectivity index (χ4n) is 3.62. The Morgan fingerprint density at radius 1 is 0.771 bits per heavy atom. The van der Waals surface area contributed by atoms with Gasteiger partial charge in [-0.2, -0.15) is 0 Å². The minimum atomic E-state index is -1.27. The molecule has 1 saturated heterocycles. The van der Waals surface area contributed by atoms with Crippen molar-refractivity contribution < 1.29 is 52.7 Å². The SMILES string of the molecule is CC(=O)OC[C@H]1O[C@@H](OCCc2ccc(CCO)cc2)[C@H](OC(C)=O)[C@@H](OC(C)=O)[C@@H]1OC(C)=O. The van der Waals surface area contributed by atoms with Crippen LogP contribution in [0, 0.1) is 0 Å². The van der Waals surface area contributed by atoms with E-state index in [2.05, 4.69) is 0 Å².